The summed E-state index contributed by atoms with van der Waals surface area (Å²) >= 11 is 6.73. The van der Waals surface area contributed by atoms with Gasteiger partial charge in [-0.1, -0.05) is 176 Å². The zero-order valence-electron chi connectivity index (χ0n) is 34.8. The maximum Gasteiger partial charge on any atom is 0.226 e. The molecule has 1 atom stereocenters. The largest absolute Gasteiger partial charge is 0.308 e. The number of para-hydroxylation sites is 2. The maximum atomic E-state index is 6.73. The molecule has 64 heavy (non-hydrogen) atoms. The zero-order valence-corrected chi connectivity index (χ0v) is 35.6. The molecule has 0 fully saturated rings. The fourth-order valence-corrected chi connectivity index (χ4v) is 10.8. The Labute approximate surface area is 375 Å². The van der Waals surface area contributed by atoms with Crippen LogP contribution in [-0.4, -0.2) is 19.5 Å². The Kier molecular flexibility index (Phi) is 8.06. The van der Waals surface area contributed by atoms with Gasteiger partial charge in [0.25, 0.3) is 0 Å². The highest BCUT2D eigenvalue weighted by atomic mass is 35.5. The number of rotatable bonds is 6. The standard InChI is InChI=1S/C59H37ClN4/c1-59(43-24-14-20-39(35-43)37-17-6-3-7-18-37)48-31-29-44(52-47-26-9-11-28-51(47)64-50-27-10-8-25-45(50)46-30-32-49(59)54(53(48)52)55(46)64)40-21-13-23-42(34-40)57-61-56(62-58(60)63-57)41-22-12-19-38(33-41)36-15-4-2-5-16-36/h2-35H,1H3. The van der Waals surface area contributed by atoms with Gasteiger partial charge in [-0.25, -0.2) is 4.98 Å². The van der Waals surface area contributed by atoms with Crippen LogP contribution in [0.15, 0.2) is 206 Å². The van der Waals surface area contributed by atoms with Gasteiger partial charge in [-0.2, -0.15) is 9.97 Å². The molecule has 2 aromatic heterocycles. The van der Waals surface area contributed by atoms with Crippen molar-refractivity contribution in [2.24, 2.45) is 0 Å². The van der Waals surface area contributed by atoms with Crippen molar-refractivity contribution in [1.82, 2.24) is 19.5 Å². The van der Waals surface area contributed by atoms with Crippen LogP contribution in [0, 0.1) is 0 Å². The van der Waals surface area contributed by atoms with Crippen molar-refractivity contribution in [2.45, 2.75) is 12.3 Å². The second kappa shape index (κ2) is 14.0. The summed E-state index contributed by atoms with van der Waals surface area (Å²) in [5.41, 5.74) is 20.6. The first kappa shape index (κ1) is 36.7. The third-order valence-corrected chi connectivity index (χ3v) is 13.8. The molecule has 2 aliphatic rings. The van der Waals surface area contributed by atoms with E-state index in [1.165, 1.54) is 77.6 Å². The van der Waals surface area contributed by atoms with Crippen LogP contribution < -0.4 is 0 Å². The lowest BCUT2D eigenvalue weighted by atomic mass is 9.73. The van der Waals surface area contributed by atoms with Gasteiger partial charge >= 0.3 is 0 Å². The number of nitrogens with zero attached hydrogens (tertiary/aromatic N) is 4. The van der Waals surface area contributed by atoms with E-state index in [-0.39, 0.29) is 5.28 Å². The molecule has 1 aliphatic heterocycles. The van der Waals surface area contributed by atoms with Gasteiger partial charge in [-0.3, -0.25) is 0 Å². The first-order chi connectivity index (χ1) is 31.5. The normalized spacial score (nSPS) is 14.5. The Hall–Kier alpha value is -7.92. The molecule has 0 radical (unpaired) electrons. The van der Waals surface area contributed by atoms with Crippen LogP contribution in [0.4, 0.5) is 0 Å². The van der Waals surface area contributed by atoms with E-state index in [2.05, 4.69) is 192 Å². The average Bonchev–Trinajstić information content (AvgIpc) is 3.79. The van der Waals surface area contributed by atoms with Crippen LogP contribution in [0.1, 0.15) is 23.6 Å². The van der Waals surface area contributed by atoms with Crippen LogP contribution in [0.2, 0.25) is 5.28 Å². The smallest absolute Gasteiger partial charge is 0.226 e. The maximum absolute atomic E-state index is 6.73. The van der Waals surface area contributed by atoms with Gasteiger partial charge < -0.3 is 4.57 Å². The molecule has 0 amide bonds. The molecule has 300 valence electrons. The van der Waals surface area contributed by atoms with E-state index < -0.39 is 5.41 Å². The Morgan fingerprint density at radius 3 is 1.72 bits per heavy atom. The number of benzene rings is 9. The van der Waals surface area contributed by atoms with E-state index in [1.54, 1.807) is 0 Å². The molecule has 5 heteroatoms. The summed E-state index contributed by atoms with van der Waals surface area (Å²) in [4.78, 5) is 14.4. The summed E-state index contributed by atoms with van der Waals surface area (Å²) < 4.78 is 2.52. The van der Waals surface area contributed by atoms with Crippen molar-refractivity contribution < 1.29 is 0 Å². The van der Waals surface area contributed by atoms with Crippen molar-refractivity contribution in [3.8, 4) is 84.1 Å². The molecule has 3 heterocycles. The highest BCUT2D eigenvalue weighted by Gasteiger charge is 2.45. The van der Waals surface area contributed by atoms with E-state index in [0.29, 0.717) is 11.6 Å². The van der Waals surface area contributed by atoms with Crippen molar-refractivity contribution in [1.29, 1.82) is 0 Å². The predicted molar refractivity (Wildman–Crippen MR) is 263 cm³/mol. The van der Waals surface area contributed by atoms with Gasteiger partial charge in [0.2, 0.25) is 5.28 Å². The molecule has 13 rings (SSSR count). The second-order valence-electron chi connectivity index (χ2n) is 17.0. The molecule has 4 nitrogen and oxygen atoms in total. The van der Waals surface area contributed by atoms with Gasteiger partial charge in [-0.15, -0.1) is 0 Å². The highest BCUT2D eigenvalue weighted by Crippen LogP contribution is 2.61. The average molecular weight is 837 g/mol. The summed E-state index contributed by atoms with van der Waals surface area (Å²) in [6.45, 7) is 2.43. The molecule has 9 aromatic carbocycles. The SMILES string of the molecule is CC1(c2cccc(-c3ccccc3)c2)c2ccc(-c3cccc(-c4nc(Cl)nc(-c5cccc(-c6ccccc6)c5)n4)c3)c3c2-c2c1ccc1c4ccccc4n(c21)-c1ccccc1-3. The zero-order chi connectivity index (χ0) is 42.5. The van der Waals surface area contributed by atoms with Crippen molar-refractivity contribution in [3.05, 3.63) is 228 Å². The van der Waals surface area contributed by atoms with E-state index in [1.807, 2.05) is 30.3 Å². The van der Waals surface area contributed by atoms with Gasteiger partial charge in [0.05, 0.1) is 16.7 Å². The van der Waals surface area contributed by atoms with Gasteiger partial charge in [0.15, 0.2) is 11.6 Å². The molecule has 0 saturated heterocycles. The molecule has 1 unspecified atom stereocenters. The first-order valence-corrected chi connectivity index (χ1v) is 22.1. The minimum atomic E-state index is -0.442. The predicted octanol–water partition coefficient (Wildman–Crippen LogP) is 15.3. The summed E-state index contributed by atoms with van der Waals surface area (Å²) in [5.74, 6) is 1.05. The quantitative estimate of drug-likeness (QED) is 0.168. The summed E-state index contributed by atoms with van der Waals surface area (Å²) in [5, 5.41) is 2.67. The molecule has 0 bridgehead atoms. The van der Waals surface area contributed by atoms with E-state index in [0.717, 1.165) is 33.4 Å². The van der Waals surface area contributed by atoms with E-state index >= 15 is 0 Å². The summed E-state index contributed by atoms with van der Waals surface area (Å²) in [6, 6.07) is 74.3. The molecule has 11 aromatic rings. The third-order valence-electron chi connectivity index (χ3n) is 13.6. The van der Waals surface area contributed by atoms with Crippen LogP contribution in [0.25, 0.3) is 106 Å². The summed E-state index contributed by atoms with van der Waals surface area (Å²) in [7, 11) is 0. The van der Waals surface area contributed by atoms with E-state index in [9.17, 15) is 0 Å². The Bertz CT molecular complexity index is 3700. The monoisotopic (exact) mass is 836 g/mol. The van der Waals surface area contributed by atoms with Gasteiger partial charge in [0, 0.05) is 38.4 Å². The Balaban J connectivity index is 1.04. The Morgan fingerprint density at radius 1 is 0.406 bits per heavy atom. The van der Waals surface area contributed by atoms with Crippen molar-refractivity contribution in [3.63, 3.8) is 0 Å². The second-order valence-corrected chi connectivity index (χ2v) is 17.4. The van der Waals surface area contributed by atoms with Crippen molar-refractivity contribution in [2.75, 3.05) is 0 Å². The highest BCUT2D eigenvalue weighted by molar-refractivity contribution is 6.28. The lowest BCUT2D eigenvalue weighted by molar-refractivity contribution is 0.714. The van der Waals surface area contributed by atoms with Crippen LogP contribution in [0.5, 0.6) is 0 Å². The molecular weight excluding hydrogens is 800 g/mol. The topological polar surface area (TPSA) is 43.6 Å². The minimum Gasteiger partial charge on any atom is -0.308 e. The Morgan fingerprint density at radius 2 is 0.969 bits per heavy atom. The molecule has 0 saturated carbocycles. The summed E-state index contributed by atoms with van der Waals surface area (Å²) in [6.07, 6.45) is 0. The van der Waals surface area contributed by atoms with Crippen LogP contribution >= 0.6 is 11.6 Å². The van der Waals surface area contributed by atoms with Gasteiger partial charge in [0.1, 0.15) is 0 Å². The van der Waals surface area contributed by atoms with Gasteiger partial charge in [-0.05, 0) is 110 Å². The lowest BCUT2D eigenvalue weighted by Gasteiger charge is -2.30. The third kappa shape index (κ3) is 5.39. The minimum absolute atomic E-state index is 0.152. The van der Waals surface area contributed by atoms with Crippen molar-refractivity contribution >= 4 is 33.4 Å². The number of halogens is 1. The number of hydrogen-bond acceptors (Lipinski definition) is 3. The lowest BCUT2D eigenvalue weighted by Crippen LogP contribution is -2.22. The number of fused-ring (bicyclic) bond motifs is 6. The molecule has 0 N–H and O–H groups in total. The fraction of sp³-hybridized carbons (Fsp3) is 0.0339. The first-order valence-electron chi connectivity index (χ1n) is 21.7. The number of aromatic nitrogens is 4. The number of hydrogen-bond donors (Lipinski definition) is 0. The fourth-order valence-electron chi connectivity index (χ4n) is 10.7. The van der Waals surface area contributed by atoms with Crippen LogP contribution in [0.3, 0.4) is 0 Å². The molecule has 0 spiro atoms. The van der Waals surface area contributed by atoms with E-state index in [4.69, 9.17) is 21.6 Å². The van der Waals surface area contributed by atoms with Crippen LogP contribution in [-0.2, 0) is 5.41 Å². The molecular formula is C59H37ClN4. The molecule has 1 aliphatic carbocycles.